The summed E-state index contributed by atoms with van der Waals surface area (Å²) in [7, 11) is 0. The largest absolute Gasteiger partial charge is 0.467 e. The van der Waals surface area contributed by atoms with Crippen LogP contribution >= 0.6 is 15.9 Å². The molecule has 166 valence electrons. The fraction of sp³-hybridized carbons (Fsp3) is 0.320. The first-order valence-corrected chi connectivity index (χ1v) is 11.6. The van der Waals surface area contributed by atoms with E-state index < -0.39 is 0 Å². The Morgan fingerprint density at radius 2 is 1.91 bits per heavy atom. The summed E-state index contributed by atoms with van der Waals surface area (Å²) in [4.78, 5) is 14.6. The minimum atomic E-state index is -0.304. The van der Waals surface area contributed by atoms with Gasteiger partial charge in [0.2, 0.25) is 6.79 Å². The van der Waals surface area contributed by atoms with Gasteiger partial charge in [-0.25, -0.2) is 4.79 Å². The lowest BCUT2D eigenvalue weighted by molar-refractivity contribution is 0.0378. The maximum absolute atomic E-state index is 12.2. The van der Waals surface area contributed by atoms with Gasteiger partial charge in [-0.15, -0.1) is 0 Å². The Kier molecular flexibility index (Phi) is 5.69. The summed E-state index contributed by atoms with van der Waals surface area (Å²) in [5.41, 5.74) is 4.01. The Morgan fingerprint density at radius 3 is 2.59 bits per heavy atom. The fourth-order valence-electron chi connectivity index (χ4n) is 4.26. The number of fused-ring (bicyclic) bond motifs is 2. The molecule has 0 saturated heterocycles. The predicted molar refractivity (Wildman–Crippen MR) is 122 cm³/mol. The number of hydrogen-bond acceptors (Lipinski definition) is 6. The Bertz CT molecular complexity index is 1110. The van der Waals surface area contributed by atoms with Crippen molar-refractivity contribution in [1.29, 1.82) is 0 Å². The van der Waals surface area contributed by atoms with Gasteiger partial charge in [-0.3, -0.25) is 4.90 Å². The van der Waals surface area contributed by atoms with Gasteiger partial charge in [0.25, 0.3) is 0 Å². The molecule has 1 aromatic heterocycles. The van der Waals surface area contributed by atoms with Gasteiger partial charge in [-0.1, -0.05) is 28.1 Å². The third-order valence-corrected chi connectivity index (χ3v) is 6.57. The second-order valence-corrected chi connectivity index (χ2v) is 9.34. The summed E-state index contributed by atoms with van der Waals surface area (Å²) >= 11 is 3.89. The van der Waals surface area contributed by atoms with Gasteiger partial charge in [0.15, 0.2) is 11.5 Å². The maximum atomic E-state index is 12.2. The van der Waals surface area contributed by atoms with Crippen LogP contribution in [0.2, 0.25) is 0 Å². The number of carbonyl (C=O) groups is 1. The van der Waals surface area contributed by atoms with Gasteiger partial charge in [-0.05, 0) is 73.4 Å². The first kappa shape index (κ1) is 21.1. The Labute approximate surface area is 195 Å². The number of nitrogens with zero attached hydrogens (tertiary/aromatic N) is 1. The van der Waals surface area contributed by atoms with Crippen LogP contribution in [0.25, 0.3) is 0 Å². The molecular weight excluding hydrogens is 474 g/mol. The third kappa shape index (κ3) is 4.02. The second kappa shape index (κ2) is 8.64. The zero-order chi connectivity index (χ0) is 22.2. The van der Waals surface area contributed by atoms with Crippen LogP contribution in [0, 0.1) is 0 Å². The van der Waals surface area contributed by atoms with E-state index in [2.05, 4.69) is 33.0 Å². The molecule has 6 nitrogen and oxygen atoms in total. The smallest absolute Gasteiger partial charge is 0.338 e. The first-order valence-electron chi connectivity index (χ1n) is 10.6. The molecule has 0 bridgehead atoms. The van der Waals surface area contributed by atoms with Gasteiger partial charge in [0.05, 0.1) is 28.9 Å². The van der Waals surface area contributed by atoms with E-state index in [1.807, 2.05) is 50.2 Å². The zero-order valence-electron chi connectivity index (χ0n) is 17.9. The average molecular weight is 498 g/mol. The highest BCUT2D eigenvalue weighted by Crippen LogP contribution is 2.45. The molecule has 0 saturated carbocycles. The molecule has 0 radical (unpaired) electrons. The van der Waals surface area contributed by atoms with E-state index in [0.717, 1.165) is 34.8 Å². The van der Waals surface area contributed by atoms with Crippen molar-refractivity contribution in [3.05, 3.63) is 82.8 Å². The molecule has 2 aliphatic heterocycles. The van der Waals surface area contributed by atoms with E-state index in [1.54, 1.807) is 6.26 Å². The highest BCUT2D eigenvalue weighted by atomic mass is 79.9. The average Bonchev–Trinajstić information content (AvgIpc) is 3.44. The van der Waals surface area contributed by atoms with Crippen molar-refractivity contribution in [2.45, 2.75) is 43.9 Å². The number of furan rings is 1. The van der Waals surface area contributed by atoms with Crippen molar-refractivity contribution in [3.8, 4) is 11.5 Å². The lowest BCUT2D eigenvalue weighted by Gasteiger charge is -2.40. The van der Waals surface area contributed by atoms with Crippen molar-refractivity contribution >= 4 is 21.9 Å². The van der Waals surface area contributed by atoms with Crippen LogP contribution in [-0.4, -0.2) is 28.7 Å². The van der Waals surface area contributed by atoms with E-state index in [0.29, 0.717) is 12.1 Å². The molecule has 2 aromatic carbocycles. The van der Waals surface area contributed by atoms with E-state index in [-0.39, 0.29) is 29.9 Å². The molecule has 5 rings (SSSR count). The van der Waals surface area contributed by atoms with Crippen LogP contribution in [-0.2, 0) is 17.7 Å². The van der Waals surface area contributed by atoms with Crippen LogP contribution in [0.1, 0.15) is 52.7 Å². The van der Waals surface area contributed by atoms with E-state index in [9.17, 15) is 4.79 Å². The number of alkyl halides is 1. The minimum Gasteiger partial charge on any atom is -0.467 e. The van der Waals surface area contributed by atoms with Crippen molar-refractivity contribution < 1.29 is 23.4 Å². The van der Waals surface area contributed by atoms with Crippen LogP contribution in [0.5, 0.6) is 11.5 Å². The first-order chi connectivity index (χ1) is 15.5. The lowest BCUT2D eigenvalue weighted by atomic mass is 9.90. The number of ether oxygens (including phenoxy) is 3. The number of hydrogen-bond donors (Lipinski definition) is 0. The Balaban J connectivity index is 1.46. The Hall–Kier alpha value is -2.77. The molecule has 2 atom stereocenters. The molecule has 0 spiro atoms. The second-order valence-electron chi connectivity index (χ2n) is 8.28. The summed E-state index contributed by atoms with van der Waals surface area (Å²) in [5, 5.41) is 0. The third-order valence-electron chi connectivity index (χ3n) is 5.72. The summed E-state index contributed by atoms with van der Waals surface area (Å²) < 4.78 is 22.4. The molecule has 0 amide bonds. The van der Waals surface area contributed by atoms with E-state index in [1.165, 1.54) is 5.56 Å². The molecule has 0 aliphatic carbocycles. The number of esters is 1. The molecule has 7 heteroatoms. The highest BCUT2D eigenvalue weighted by Gasteiger charge is 2.37. The number of benzene rings is 2. The van der Waals surface area contributed by atoms with Crippen LogP contribution in [0.4, 0.5) is 0 Å². The maximum Gasteiger partial charge on any atom is 0.338 e. The number of rotatable bonds is 5. The predicted octanol–water partition coefficient (Wildman–Crippen LogP) is 5.44. The molecule has 3 aromatic rings. The van der Waals surface area contributed by atoms with Crippen LogP contribution < -0.4 is 9.47 Å². The SMILES string of the molecule is CC(C)OC(=O)c1ccc(CN2C(Br)Cc3cc4c(cc3C2c2ccco2)OCO4)cc1. The molecule has 2 aliphatic rings. The quantitative estimate of drug-likeness (QED) is 0.265. The molecule has 0 fully saturated rings. The summed E-state index contributed by atoms with van der Waals surface area (Å²) in [6.45, 7) is 4.61. The molecule has 0 N–H and O–H groups in total. The number of halogens is 1. The summed E-state index contributed by atoms with van der Waals surface area (Å²) in [6, 6.07) is 15.6. The lowest BCUT2D eigenvalue weighted by Crippen LogP contribution is -2.40. The van der Waals surface area contributed by atoms with Gasteiger partial charge >= 0.3 is 5.97 Å². The summed E-state index contributed by atoms with van der Waals surface area (Å²) in [5.74, 6) is 2.12. The van der Waals surface area contributed by atoms with Crippen molar-refractivity contribution in [2.75, 3.05) is 6.79 Å². The Morgan fingerprint density at radius 1 is 1.16 bits per heavy atom. The highest BCUT2D eigenvalue weighted by molar-refractivity contribution is 9.09. The van der Waals surface area contributed by atoms with Crippen LogP contribution in [0.3, 0.4) is 0 Å². The minimum absolute atomic E-state index is 0.0850. The topological polar surface area (TPSA) is 61.1 Å². The van der Waals surface area contributed by atoms with Gasteiger partial charge in [0.1, 0.15) is 5.76 Å². The standard InChI is InChI=1S/C25H24BrNO5/c1-15(2)32-25(28)17-7-5-16(6-8-17)13-27-23(26)11-18-10-21-22(31-14-30-21)12-19(18)24(27)20-4-3-9-29-20/h3-10,12,15,23-24H,11,13-14H2,1-2H3. The van der Waals surface area contributed by atoms with E-state index >= 15 is 0 Å². The molecular formula is C25H24BrNO5. The molecule has 2 unspecified atom stereocenters. The van der Waals surface area contributed by atoms with Crippen molar-refractivity contribution in [3.63, 3.8) is 0 Å². The normalized spacial score (nSPS) is 19.8. The zero-order valence-corrected chi connectivity index (χ0v) is 19.5. The molecule has 3 heterocycles. The van der Waals surface area contributed by atoms with Gasteiger partial charge in [0, 0.05) is 6.54 Å². The van der Waals surface area contributed by atoms with Crippen LogP contribution in [0.15, 0.2) is 59.2 Å². The van der Waals surface area contributed by atoms with Crippen molar-refractivity contribution in [1.82, 2.24) is 4.90 Å². The van der Waals surface area contributed by atoms with Gasteiger partial charge in [-0.2, -0.15) is 0 Å². The monoisotopic (exact) mass is 497 g/mol. The van der Waals surface area contributed by atoms with E-state index in [4.69, 9.17) is 18.6 Å². The van der Waals surface area contributed by atoms with Crippen molar-refractivity contribution in [2.24, 2.45) is 0 Å². The summed E-state index contributed by atoms with van der Waals surface area (Å²) in [6.07, 6.45) is 2.38. The molecule has 32 heavy (non-hydrogen) atoms. The fourth-order valence-corrected chi connectivity index (χ4v) is 4.99. The number of carbonyl (C=O) groups excluding carboxylic acids is 1. The van der Waals surface area contributed by atoms with Gasteiger partial charge < -0.3 is 18.6 Å².